The summed E-state index contributed by atoms with van der Waals surface area (Å²) < 4.78 is 5.88. The Morgan fingerprint density at radius 1 is 0.968 bits per heavy atom. The van der Waals surface area contributed by atoms with E-state index in [1.165, 1.54) is 0 Å². The molecule has 0 heterocycles. The third-order valence-electron chi connectivity index (χ3n) is 5.00. The second-order valence-corrected chi connectivity index (χ2v) is 8.25. The molecule has 4 nitrogen and oxygen atoms in total. The van der Waals surface area contributed by atoms with Gasteiger partial charge in [0.05, 0.1) is 6.42 Å². The van der Waals surface area contributed by atoms with Gasteiger partial charge in [0.1, 0.15) is 12.4 Å². The van der Waals surface area contributed by atoms with E-state index in [9.17, 15) is 9.59 Å². The number of benzene rings is 3. The van der Waals surface area contributed by atoms with Gasteiger partial charge >= 0.3 is 5.97 Å². The maximum absolute atomic E-state index is 12.8. The molecular weight excluding hydrogens is 435 g/mol. The van der Waals surface area contributed by atoms with Crippen LogP contribution in [-0.4, -0.2) is 16.9 Å². The van der Waals surface area contributed by atoms with Crippen molar-refractivity contribution in [2.75, 3.05) is 0 Å². The van der Waals surface area contributed by atoms with Gasteiger partial charge in [-0.15, -0.1) is 0 Å². The summed E-state index contributed by atoms with van der Waals surface area (Å²) in [5.74, 6) is -0.191. The molecule has 0 spiro atoms. The molecule has 0 unspecified atom stereocenters. The third-order valence-corrected chi connectivity index (χ3v) is 5.44. The highest BCUT2D eigenvalue weighted by atomic mass is 35.5. The number of halogens is 2. The molecule has 0 saturated carbocycles. The Morgan fingerprint density at radius 3 is 2.32 bits per heavy atom. The first kappa shape index (κ1) is 21.2. The van der Waals surface area contributed by atoms with E-state index in [4.69, 9.17) is 33.0 Å². The fraction of sp³-hybridized carbons (Fsp3) is 0.120. The molecule has 1 aliphatic carbocycles. The first-order valence-corrected chi connectivity index (χ1v) is 10.4. The van der Waals surface area contributed by atoms with Gasteiger partial charge in [-0.05, 0) is 64.7 Å². The predicted octanol–water partition coefficient (Wildman–Crippen LogP) is 6.02. The predicted molar refractivity (Wildman–Crippen MR) is 121 cm³/mol. The molecule has 3 aromatic rings. The highest BCUT2D eigenvalue weighted by Crippen LogP contribution is 2.32. The van der Waals surface area contributed by atoms with Crippen molar-refractivity contribution < 1.29 is 19.4 Å². The highest BCUT2D eigenvalue weighted by molar-refractivity contribution is 6.34. The number of aliphatic carboxylic acids is 1. The number of ether oxygens (including phenoxy) is 1. The molecular formula is C25H18Cl2O4. The minimum absolute atomic E-state index is 0.00275. The number of carboxylic acid groups (broad SMARTS) is 1. The summed E-state index contributed by atoms with van der Waals surface area (Å²) >= 11 is 12.1. The average molecular weight is 453 g/mol. The lowest BCUT2D eigenvalue weighted by molar-refractivity contribution is -0.136. The minimum Gasteiger partial charge on any atom is -0.489 e. The molecule has 0 amide bonds. The molecule has 0 atom stereocenters. The molecule has 0 radical (unpaired) electrons. The van der Waals surface area contributed by atoms with E-state index in [1.807, 2.05) is 24.3 Å². The van der Waals surface area contributed by atoms with E-state index < -0.39 is 5.97 Å². The zero-order valence-corrected chi connectivity index (χ0v) is 17.9. The zero-order valence-electron chi connectivity index (χ0n) is 16.4. The molecule has 31 heavy (non-hydrogen) atoms. The Morgan fingerprint density at radius 2 is 1.65 bits per heavy atom. The molecule has 156 valence electrons. The molecule has 0 aliphatic heterocycles. The van der Waals surface area contributed by atoms with Crippen LogP contribution in [0.25, 0.3) is 6.08 Å². The van der Waals surface area contributed by atoms with Crippen LogP contribution in [0.5, 0.6) is 5.75 Å². The van der Waals surface area contributed by atoms with E-state index in [0.717, 1.165) is 22.3 Å². The van der Waals surface area contributed by atoms with Crippen LogP contribution < -0.4 is 4.74 Å². The number of ketones is 1. The van der Waals surface area contributed by atoms with Crippen LogP contribution >= 0.6 is 23.2 Å². The van der Waals surface area contributed by atoms with Crippen molar-refractivity contribution in [3.63, 3.8) is 0 Å². The summed E-state index contributed by atoms with van der Waals surface area (Å²) in [6, 6.07) is 17.9. The Labute approximate surface area is 189 Å². The van der Waals surface area contributed by atoms with Gasteiger partial charge in [0.2, 0.25) is 0 Å². The number of carbonyl (C=O) groups is 2. The van der Waals surface area contributed by atoms with Crippen molar-refractivity contribution in [1.82, 2.24) is 0 Å². The summed E-state index contributed by atoms with van der Waals surface area (Å²) in [5, 5.41) is 9.89. The summed E-state index contributed by atoms with van der Waals surface area (Å²) in [7, 11) is 0. The van der Waals surface area contributed by atoms with Crippen LogP contribution in [0, 0.1) is 0 Å². The van der Waals surface area contributed by atoms with Crippen molar-refractivity contribution in [2.45, 2.75) is 19.4 Å². The summed E-state index contributed by atoms with van der Waals surface area (Å²) in [5.41, 5.74) is 4.73. The summed E-state index contributed by atoms with van der Waals surface area (Å²) in [6.07, 6.45) is 2.33. The maximum atomic E-state index is 12.8. The van der Waals surface area contributed by atoms with Crippen LogP contribution in [-0.2, 0) is 24.2 Å². The van der Waals surface area contributed by atoms with Crippen LogP contribution in [0.15, 0.2) is 66.2 Å². The standard InChI is InChI=1S/C25H18Cl2O4/c26-20-8-17(9-21(27)13-20)7-19-11-18-12-22(5-6-23(18)25(19)30)31-14-16-3-1-15(2-4-16)10-24(28)29/h1-9,12-13H,10-11,14H2,(H,28,29). The van der Waals surface area contributed by atoms with Gasteiger partial charge in [-0.1, -0.05) is 47.5 Å². The molecule has 4 rings (SSSR count). The number of carboxylic acids is 1. The largest absolute Gasteiger partial charge is 0.489 e. The number of hydrogen-bond donors (Lipinski definition) is 1. The summed E-state index contributed by atoms with van der Waals surface area (Å²) in [4.78, 5) is 23.5. The number of rotatable bonds is 6. The Kier molecular flexibility index (Phi) is 6.12. The number of hydrogen-bond acceptors (Lipinski definition) is 3. The fourth-order valence-corrected chi connectivity index (χ4v) is 4.10. The first-order valence-electron chi connectivity index (χ1n) is 9.64. The monoisotopic (exact) mass is 452 g/mol. The van der Waals surface area contributed by atoms with E-state index >= 15 is 0 Å². The van der Waals surface area contributed by atoms with Gasteiger partial charge in [-0.2, -0.15) is 0 Å². The SMILES string of the molecule is O=C(O)Cc1ccc(COc2ccc3c(c2)CC(=Cc2cc(Cl)cc(Cl)c2)C3=O)cc1. The highest BCUT2D eigenvalue weighted by Gasteiger charge is 2.25. The Balaban J connectivity index is 1.45. The van der Waals surface area contributed by atoms with Crippen molar-refractivity contribution in [2.24, 2.45) is 0 Å². The van der Waals surface area contributed by atoms with Gasteiger partial charge in [0, 0.05) is 27.6 Å². The third kappa shape index (κ3) is 5.16. The average Bonchev–Trinajstić information content (AvgIpc) is 3.01. The number of carbonyl (C=O) groups excluding carboxylic acids is 1. The minimum atomic E-state index is -0.858. The molecule has 3 aromatic carbocycles. The van der Waals surface area contributed by atoms with Crippen molar-refractivity contribution >= 4 is 41.0 Å². The van der Waals surface area contributed by atoms with E-state index in [2.05, 4.69) is 0 Å². The number of allylic oxidation sites excluding steroid dienone is 1. The van der Waals surface area contributed by atoms with Crippen LogP contribution in [0.1, 0.15) is 32.6 Å². The lowest BCUT2D eigenvalue weighted by Crippen LogP contribution is -2.01. The van der Waals surface area contributed by atoms with Gasteiger partial charge in [0.15, 0.2) is 5.78 Å². The van der Waals surface area contributed by atoms with Crippen molar-refractivity contribution in [1.29, 1.82) is 0 Å². The van der Waals surface area contributed by atoms with E-state index in [1.54, 1.807) is 42.5 Å². The topological polar surface area (TPSA) is 63.6 Å². The Bertz CT molecular complexity index is 1180. The first-order chi connectivity index (χ1) is 14.9. The lowest BCUT2D eigenvalue weighted by Gasteiger charge is -2.08. The molecule has 1 aliphatic rings. The normalized spacial score (nSPS) is 14.0. The van der Waals surface area contributed by atoms with E-state index in [-0.39, 0.29) is 12.2 Å². The van der Waals surface area contributed by atoms with Crippen LogP contribution in [0.3, 0.4) is 0 Å². The van der Waals surface area contributed by atoms with Gasteiger partial charge in [-0.25, -0.2) is 0 Å². The van der Waals surface area contributed by atoms with Gasteiger partial charge < -0.3 is 9.84 Å². The number of fused-ring (bicyclic) bond motifs is 1. The second kappa shape index (κ2) is 8.96. The molecule has 6 heteroatoms. The van der Waals surface area contributed by atoms with Crippen molar-refractivity contribution in [3.8, 4) is 5.75 Å². The van der Waals surface area contributed by atoms with Crippen LogP contribution in [0.2, 0.25) is 10.0 Å². The Hall–Kier alpha value is -3.08. The fourth-order valence-electron chi connectivity index (χ4n) is 3.56. The van der Waals surface area contributed by atoms with Gasteiger partial charge in [-0.3, -0.25) is 9.59 Å². The molecule has 0 bridgehead atoms. The lowest BCUT2D eigenvalue weighted by atomic mass is 10.1. The molecule has 0 aromatic heterocycles. The van der Waals surface area contributed by atoms with E-state index in [0.29, 0.717) is 40.0 Å². The van der Waals surface area contributed by atoms with Crippen LogP contribution in [0.4, 0.5) is 0 Å². The summed E-state index contributed by atoms with van der Waals surface area (Å²) in [6.45, 7) is 0.351. The smallest absolute Gasteiger partial charge is 0.307 e. The molecule has 0 saturated heterocycles. The maximum Gasteiger partial charge on any atom is 0.307 e. The number of Topliss-reactive ketones (excluding diaryl/α,β-unsaturated/α-hetero) is 1. The molecule has 1 N–H and O–H groups in total. The molecule has 0 fully saturated rings. The quantitative estimate of drug-likeness (QED) is 0.464. The zero-order chi connectivity index (χ0) is 22.0. The van der Waals surface area contributed by atoms with Gasteiger partial charge in [0.25, 0.3) is 0 Å². The van der Waals surface area contributed by atoms with Crippen molar-refractivity contribution in [3.05, 3.63) is 104 Å². The second-order valence-electron chi connectivity index (χ2n) is 7.37.